The molecule has 0 fully saturated rings. The molecule has 0 saturated carbocycles. The van der Waals surface area contributed by atoms with Crippen LogP contribution in [0.4, 0.5) is 10.1 Å². The van der Waals surface area contributed by atoms with Crippen LogP contribution in [-0.2, 0) is 4.74 Å². The Balaban J connectivity index is 2.06. The van der Waals surface area contributed by atoms with E-state index < -0.39 is 17.0 Å². The van der Waals surface area contributed by atoms with Crippen molar-refractivity contribution in [2.24, 2.45) is 0 Å². The van der Waals surface area contributed by atoms with Gasteiger partial charge in [0.25, 0.3) is 5.69 Å². The Bertz CT molecular complexity index is 652. The van der Waals surface area contributed by atoms with Crippen molar-refractivity contribution in [3.63, 3.8) is 0 Å². The highest BCUT2D eigenvalue weighted by Gasteiger charge is 2.15. The summed E-state index contributed by atoms with van der Waals surface area (Å²) in [4.78, 5) is 21.9. The van der Waals surface area contributed by atoms with Crippen molar-refractivity contribution < 1.29 is 18.8 Å². The summed E-state index contributed by atoms with van der Waals surface area (Å²) in [7, 11) is 0. The highest BCUT2D eigenvalue weighted by Crippen LogP contribution is 2.20. The summed E-state index contributed by atoms with van der Waals surface area (Å²) < 4.78 is 18.0. The quantitative estimate of drug-likeness (QED) is 0.489. The Morgan fingerprint density at radius 1 is 1.14 bits per heavy atom. The van der Waals surface area contributed by atoms with E-state index in [4.69, 9.17) is 4.74 Å². The average Bonchev–Trinajstić information content (AvgIpc) is 2.47. The molecule has 0 aliphatic rings. The number of hydrogen-bond donors (Lipinski definition) is 0. The third kappa shape index (κ3) is 3.62. The second kappa shape index (κ2) is 6.13. The lowest BCUT2D eigenvalue weighted by molar-refractivity contribution is -0.384. The van der Waals surface area contributed by atoms with E-state index in [-0.39, 0.29) is 17.1 Å². The zero-order valence-corrected chi connectivity index (χ0v) is 11.2. The van der Waals surface area contributed by atoms with Crippen LogP contribution in [0.3, 0.4) is 0 Å². The average molecular weight is 289 g/mol. The van der Waals surface area contributed by atoms with Gasteiger partial charge in [-0.1, -0.05) is 12.1 Å². The molecule has 0 N–H and O–H groups in total. The van der Waals surface area contributed by atoms with Gasteiger partial charge in [0, 0.05) is 12.1 Å². The summed E-state index contributed by atoms with van der Waals surface area (Å²) in [6.07, 6.45) is -0.548. The number of carbonyl (C=O) groups excluding carboxylic acids is 1. The van der Waals surface area contributed by atoms with E-state index in [2.05, 4.69) is 0 Å². The highest BCUT2D eigenvalue weighted by atomic mass is 19.1. The molecule has 0 aromatic heterocycles. The van der Waals surface area contributed by atoms with Crippen LogP contribution in [-0.4, -0.2) is 10.9 Å². The second-order valence-corrected chi connectivity index (χ2v) is 4.40. The van der Waals surface area contributed by atoms with Crippen LogP contribution in [0, 0.1) is 15.9 Å². The molecule has 1 atom stereocenters. The van der Waals surface area contributed by atoms with Gasteiger partial charge < -0.3 is 4.74 Å². The molecule has 0 aliphatic carbocycles. The van der Waals surface area contributed by atoms with Gasteiger partial charge in [-0.2, -0.15) is 0 Å². The number of nitro benzene ring substituents is 1. The van der Waals surface area contributed by atoms with E-state index in [9.17, 15) is 19.3 Å². The number of esters is 1. The van der Waals surface area contributed by atoms with Crippen molar-refractivity contribution in [2.45, 2.75) is 13.0 Å². The van der Waals surface area contributed by atoms with Crippen molar-refractivity contribution in [3.05, 3.63) is 75.6 Å². The Morgan fingerprint density at radius 3 is 2.24 bits per heavy atom. The monoisotopic (exact) mass is 289 g/mol. The predicted molar refractivity (Wildman–Crippen MR) is 73.3 cm³/mol. The molecule has 0 spiro atoms. The van der Waals surface area contributed by atoms with Crippen molar-refractivity contribution in [1.29, 1.82) is 0 Å². The molecule has 2 rings (SSSR count). The Morgan fingerprint density at radius 2 is 1.71 bits per heavy atom. The molecule has 2 aromatic carbocycles. The second-order valence-electron chi connectivity index (χ2n) is 4.40. The lowest BCUT2D eigenvalue weighted by atomic mass is 10.1. The van der Waals surface area contributed by atoms with Crippen LogP contribution in [0.25, 0.3) is 0 Å². The normalized spacial score (nSPS) is 11.7. The van der Waals surface area contributed by atoms with Crippen LogP contribution in [0.15, 0.2) is 48.5 Å². The van der Waals surface area contributed by atoms with Crippen molar-refractivity contribution >= 4 is 11.7 Å². The summed E-state index contributed by atoms with van der Waals surface area (Å²) >= 11 is 0. The minimum Gasteiger partial charge on any atom is -0.454 e. The molecule has 0 aliphatic heterocycles. The van der Waals surface area contributed by atoms with Gasteiger partial charge in [-0.25, -0.2) is 9.18 Å². The summed E-state index contributed by atoms with van der Waals surface area (Å²) in [5.41, 5.74) is 0.777. The van der Waals surface area contributed by atoms with E-state index in [0.717, 1.165) is 0 Å². The molecular formula is C15H12FNO4. The molecule has 1 unspecified atom stereocenters. The molecule has 0 amide bonds. The van der Waals surface area contributed by atoms with Gasteiger partial charge in [0.1, 0.15) is 11.9 Å². The maximum atomic E-state index is 12.8. The lowest BCUT2D eigenvalue weighted by Crippen LogP contribution is -2.09. The molecule has 0 bridgehead atoms. The van der Waals surface area contributed by atoms with E-state index in [0.29, 0.717) is 5.56 Å². The number of ether oxygens (including phenoxy) is 1. The minimum atomic E-state index is -0.596. The van der Waals surface area contributed by atoms with Gasteiger partial charge in [-0.05, 0) is 36.8 Å². The van der Waals surface area contributed by atoms with Crippen LogP contribution in [0.1, 0.15) is 28.9 Å². The third-order valence-electron chi connectivity index (χ3n) is 2.94. The molecular weight excluding hydrogens is 277 g/mol. The molecule has 0 radical (unpaired) electrons. The fraction of sp³-hybridized carbons (Fsp3) is 0.133. The van der Waals surface area contributed by atoms with Crippen LogP contribution < -0.4 is 0 Å². The van der Waals surface area contributed by atoms with Gasteiger partial charge >= 0.3 is 5.97 Å². The lowest BCUT2D eigenvalue weighted by Gasteiger charge is -2.13. The molecule has 2 aromatic rings. The zero-order valence-electron chi connectivity index (χ0n) is 11.2. The fourth-order valence-electron chi connectivity index (χ4n) is 1.75. The number of halogens is 1. The van der Waals surface area contributed by atoms with Crippen molar-refractivity contribution in [2.75, 3.05) is 0 Å². The molecule has 0 saturated heterocycles. The first-order chi connectivity index (χ1) is 9.97. The summed E-state index contributed by atoms with van der Waals surface area (Å²) in [5, 5.41) is 10.5. The van der Waals surface area contributed by atoms with Crippen LogP contribution in [0.5, 0.6) is 0 Å². The first-order valence-corrected chi connectivity index (χ1v) is 6.18. The molecule has 21 heavy (non-hydrogen) atoms. The first kappa shape index (κ1) is 14.6. The van der Waals surface area contributed by atoms with Gasteiger partial charge in [0.15, 0.2) is 0 Å². The number of nitro groups is 1. The summed E-state index contributed by atoms with van der Waals surface area (Å²) in [5.74, 6) is -0.964. The highest BCUT2D eigenvalue weighted by molar-refractivity contribution is 5.89. The fourth-order valence-corrected chi connectivity index (χ4v) is 1.75. The number of nitrogens with zero attached hydrogens (tertiary/aromatic N) is 1. The zero-order chi connectivity index (χ0) is 15.4. The van der Waals surface area contributed by atoms with E-state index in [1.54, 1.807) is 6.92 Å². The molecule has 0 heterocycles. The number of rotatable bonds is 4. The van der Waals surface area contributed by atoms with Crippen LogP contribution in [0.2, 0.25) is 0 Å². The van der Waals surface area contributed by atoms with Crippen molar-refractivity contribution in [1.82, 2.24) is 0 Å². The Kier molecular flexibility index (Phi) is 4.27. The van der Waals surface area contributed by atoms with Gasteiger partial charge in [-0.3, -0.25) is 10.1 Å². The standard InChI is InChI=1S/C15H12FNO4/c1-10(11-2-6-13(16)7-3-11)21-15(18)12-4-8-14(9-5-12)17(19)20/h2-10H,1H3. The number of non-ortho nitro benzene ring substituents is 1. The minimum absolute atomic E-state index is 0.0990. The smallest absolute Gasteiger partial charge is 0.338 e. The van der Waals surface area contributed by atoms with Gasteiger partial charge in [-0.15, -0.1) is 0 Å². The topological polar surface area (TPSA) is 69.4 Å². The van der Waals surface area contributed by atoms with Crippen molar-refractivity contribution in [3.8, 4) is 0 Å². The maximum absolute atomic E-state index is 12.8. The third-order valence-corrected chi connectivity index (χ3v) is 2.94. The summed E-state index contributed by atoms with van der Waals surface area (Å²) in [6, 6.07) is 10.8. The van der Waals surface area contributed by atoms with E-state index in [1.165, 1.54) is 48.5 Å². The van der Waals surface area contributed by atoms with Gasteiger partial charge in [0.2, 0.25) is 0 Å². The largest absolute Gasteiger partial charge is 0.454 e. The molecule has 108 valence electrons. The maximum Gasteiger partial charge on any atom is 0.338 e. The number of carbonyl (C=O) groups is 1. The van der Waals surface area contributed by atoms with E-state index in [1.807, 2.05) is 0 Å². The van der Waals surface area contributed by atoms with Crippen LogP contribution >= 0.6 is 0 Å². The summed E-state index contributed by atoms with van der Waals surface area (Å²) in [6.45, 7) is 1.66. The molecule has 6 heteroatoms. The number of hydrogen-bond acceptors (Lipinski definition) is 4. The first-order valence-electron chi connectivity index (χ1n) is 6.18. The Labute approximate surface area is 120 Å². The van der Waals surface area contributed by atoms with E-state index >= 15 is 0 Å². The van der Waals surface area contributed by atoms with Gasteiger partial charge in [0.05, 0.1) is 10.5 Å². The molecule has 5 nitrogen and oxygen atoms in total. The Hall–Kier alpha value is -2.76. The SMILES string of the molecule is CC(OC(=O)c1ccc([N+](=O)[O-])cc1)c1ccc(F)cc1. The predicted octanol–water partition coefficient (Wildman–Crippen LogP) is 3.65. The number of benzene rings is 2.